The van der Waals surface area contributed by atoms with Gasteiger partial charge < -0.3 is 9.30 Å². The summed E-state index contributed by atoms with van der Waals surface area (Å²) in [7, 11) is 0. The zero-order valence-electron chi connectivity index (χ0n) is 31.5. The first-order valence-corrected chi connectivity index (χ1v) is 20.1. The van der Waals surface area contributed by atoms with Crippen molar-refractivity contribution in [3.63, 3.8) is 0 Å². The van der Waals surface area contributed by atoms with Gasteiger partial charge in [-0.25, -0.2) is 0 Å². The molecule has 0 unspecified atom stereocenters. The molecule has 0 saturated heterocycles. The van der Waals surface area contributed by atoms with Gasteiger partial charge in [0.15, 0.2) is 0 Å². The van der Waals surface area contributed by atoms with Gasteiger partial charge in [-0.3, -0.25) is 0 Å². The van der Waals surface area contributed by atoms with Gasteiger partial charge in [0.1, 0.15) is 0 Å². The first kappa shape index (κ1) is 32.4. The molecule has 0 saturated carbocycles. The average molecular weight is 725 g/mol. The summed E-state index contributed by atoms with van der Waals surface area (Å²) in [4.78, 5) is 2.41. The number of hydrogen-bond acceptors (Lipinski definition) is 2. The van der Waals surface area contributed by atoms with Crippen molar-refractivity contribution in [1.29, 1.82) is 0 Å². The third-order valence-electron chi connectivity index (χ3n) is 12.3. The topological polar surface area (TPSA) is 7.65 Å². The number of anilines is 3. The molecular formula is C52H40N2S. The van der Waals surface area contributed by atoms with Crippen LogP contribution in [0.4, 0.5) is 17.1 Å². The number of benzene rings is 6. The number of fused-ring (bicyclic) bond motifs is 8. The Morgan fingerprint density at radius 1 is 0.509 bits per heavy atom. The fourth-order valence-electron chi connectivity index (χ4n) is 9.60. The molecule has 3 heterocycles. The van der Waals surface area contributed by atoms with Crippen molar-refractivity contribution in [3.05, 3.63) is 186 Å². The van der Waals surface area contributed by atoms with Crippen LogP contribution in [-0.4, -0.2) is 4.40 Å². The van der Waals surface area contributed by atoms with Gasteiger partial charge in [0, 0.05) is 43.6 Å². The third-order valence-corrected chi connectivity index (χ3v) is 13.3. The number of hydrogen-bond donors (Lipinski definition) is 0. The summed E-state index contributed by atoms with van der Waals surface area (Å²) in [5, 5.41) is 6.19. The van der Waals surface area contributed by atoms with E-state index in [0.29, 0.717) is 0 Å². The van der Waals surface area contributed by atoms with Crippen LogP contribution in [0.5, 0.6) is 0 Å². The molecule has 0 amide bonds. The smallest absolute Gasteiger partial charge is 0.0611 e. The minimum atomic E-state index is -0.0878. The van der Waals surface area contributed by atoms with Crippen molar-refractivity contribution in [2.45, 2.75) is 37.9 Å². The Morgan fingerprint density at radius 3 is 1.95 bits per heavy atom. The molecule has 3 heteroatoms. The van der Waals surface area contributed by atoms with Gasteiger partial charge in [-0.2, -0.15) is 0 Å². The van der Waals surface area contributed by atoms with Gasteiger partial charge in [-0.15, -0.1) is 11.8 Å². The van der Waals surface area contributed by atoms with Crippen LogP contribution in [0.1, 0.15) is 50.1 Å². The van der Waals surface area contributed by atoms with Crippen LogP contribution in [0, 0.1) is 0 Å². The molecule has 11 rings (SSSR count). The predicted octanol–water partition coefficient (Wildman–Crippen LogP) is 14.7. The molecule has 0 spiro atoms. The first-order chi connectivity index (χ1) is 26.8. The second kappa shape index (κ2) is 11.7. The molecule has 0 radical (unpaired) electrons. The lowest BCUT2D eigenvalue weighted by atomic mass is 9.82. The van der Waals surface area contributed by atoms with Crippen LogP contribution in [0.3, 0.4) is 0 Å². The fraction of sp³-hybridized carbons (Fsp3) is 0.115. The maximum Gasteiger partial charge on any atom is 0.0611 e. The lowest BCUT2D eigenvalue weighted by molar-refractivity contribution is 0.660. The van der Waals surface area contributed by atoms with E-state index >= 15 is 0 Å². The Kier molecular flexibility index (Phi) is 6.91. The molecule has 7 aromatic carbocycles. The number of nitrogens with zero attached hydrogens (tertiary/aromatic N) is 2. The maximum absolute atomic E-state index is 2.51. The molecule has 0 bridgehead atoms. The highest BCUT2D eigenvalue weighted by atomic mass is 32.2. The van der Waals surface area contributed by atoms with E-state index in [1.54, 1.807) is 0 Å². The van der Waals surface area contributed by atoms with Gasteiger partial charge in [0.05, 0.1) is 16.7 Å². The molecule has 0 N–H and O–H groups in total. The normalized spacial score (nSPS) is 15.1. The summed E-state index contributed by atoms with van der Waals surface area (Å²) >= 11 is 1.91. The minimum absolute atomic E-state index is 0.00821. The molecule has 2 aliphatic rings. The van der Waals surface area contributed by atoms with E-state index in [9.17, 15) is 0 Å². The Balaban J connectivity index is 1.04. The van der Waals surface area contributed by atoms with Crippen molar-refractivity contribution in [2.75, 3.05) is 4.90 Å². The zero-order valence-corrected chi connectivity index (χ0v) is 32.3. The average Bonchev–Trinajstić information content (AvgIpc) is 3.86. The lowest BCUT2D eigenvalue weighted by Gasteiger charge is -2.28. The molecule has 2 nitrogen and oxygen atoms in total. The highest BCUT2D eigenvalue weighted by Gasteiger charge is 2.36. The zero-order chi connectivity index (χ0) is 37.1. The number of para-hydroxylation sites is 1. The van der Waals surface area contributed by atoms with Crippen molar-refractivity contribution < 1.29 is 0 Å². The standard InChI is InChI=1S/C52H40N2S/c1-51(2)45-16-9-8-14-41(45)42-26-25-39(32-46(42)51)53(37-21-17-34(18-22-37)33-11-6-5-7-12-33)38-23-19-35(20-24-38)40-27-28-47-44(40)31-36-13-10-15-43-49-48(54(47)50(36)43)29-30-55-52(49,3)4/h5-32H,1-4H3. The first-order valence-electron chi connectivity index (χ1n) is 19.3. The summed E-state index contributed by atoms with van der Waals surface area (Å²) in [5.74, 6) is 0. The quantitative estimate of drug-likeness (QED) is 0.175. The maximum atomic E-state index is 2.51. The molecule has 9 aromatic rings. The summed E-state index contributed by atoms with van der Waals surface area (Å²) in [6.45, 7) is 9.41. The molecule has 55 heavy (non-hydrogen) atoms. The van der Waals surface area contributed by atoms with Gasteiger partial charge >= 0.3 is 0 Å². The van der Waals surface area contributed by atoms with E-state index in [4.69, 9.17) is 0 Å². The van der Waals surface area contributed by atoms with Crippen LogP contribution in [0.15, 0.2) is 163 Å². The number of pyridine rings is 1. The third kappa shape index (κ3) is 4.76. The van der Waals surface area contributed by atoms with Crippen molar-refractivity contribution >= 4 is 62.1 Å². The highest BCUT2D eigenvalue weighted by Crippen LogP contribution is 2.52. The molecule has 1 aliphatic carbocycles. The summed E-state index contributed by atoms with van der Waals surface area (Å²) in [5.41, 5.74) is 19.0. The van der Waals surface area contributed by atoms with Crippen molar-refractivity contribution in [2.24, 2.45) is 0 Å². The van der Waals surface area contributed by atoms with Crippen LogP contribution in [-0.2, 0) is 10.2 Å². The summed E-state index contributed by atoms with van der Waals surface area (Å²) < 4.78 is 2.52. The Labute approximate surface area is 326 Å². The molecule has 0 fully saturated rings. The van der Waals surface area contributed by atoms with Crippen molar-refractivity contribution in [1.82, 2.24) is 4.40 Å². The van der Waals surface area contributed by atoms with E-state index in [-0.39, 0.29) is 10.2 Å². The Morgan fingerprint density at radius 2 is 1.16 bits per heavy atom. The minimum Gasteiger partial charge on any atom is -0.310 e. The largest absolute Gasteiger partial charge is 0.310 e. The van der Waals surface area contributed by atoms with E-state index in [1.807, 2.05) is 11.8 Å². The van der Waals surface area contributed by atoms with Crippen LogP contribution < -0.4 is 4.90 Å². The Hall–Kier alpha value is -6.03. The Bertz CT molecular complexity index is 2980. The van der Waals surface area contributed by atoms with Gasteiger partial charge in [-0.1, -0.05) is 123 Å². The number of thioether (sulfide) groups is 1. The molecule has 2 aromatic heterocycles. The molecule has 0 atom stereocenters. The summed E-state index contributed by atoms with van der Waals surface area (Å²) in [6.07, 6.45) is 2.31. The molecule has 1 aliphatic heterocycles. The second-order valence-corrected chi connectivity index (χ2v) is 17.7. The number of aromatic nitrogens is 1. The van der Waals surface area contributed by atoms with E-state index in [0.717, 1.165) is 17.1 Å². The predicted molar refractivity (Wildman–Crippen MR) is 236 cm³/mol. The van der Waals surface area contributed by atoms with Crippen molar-refractivity contribution in [3.8, 4) is 33.4 Å². The van der Waals surface area contributed by atoms with Crippen LogP contribution in [0.2, 0.25) is 0 Å². The molecular weight excluding hydrogens is 685 g/mol. The molecule has 264 valence electrons. The van der Waals surface area contributed by atoms with E-state index in [2.05, 4.69) is 206 Å². The van der Waals surface area contributed by atoms with Crippen LogP contribution in [0.25, 0.3) is 66.6 Å². The SMILES string of the molecule is CC1(C)SC=Cc2c1c1cccc3cc4c(-c5ccc(N(c6ccc(-c7ccccc7)cc6)c6ccc7c(c6)C(C)(C)c6ccccc6-7)cc5)ccc4n2c31. The second-order valence-electron chi connectivity index (χ2n) is 16.2. The van der Waals surface area contributed by atoms with Gasteiger partial charge in [-0.05, 0) is 124 Å². The number of rotatable bonds is 5. The van der Waals surface area contributed by atoms with E-state index in [1.165, 1.54) is 83.0 Å². The monoisotopic (exact) mass is 724 g/mol. The van der Waals surface area contributed by atoms with Gasteiger partial charge in [0.25, 0.3) is 0 Å². The highest BCUT2D eigenvalue weighted by molar-refractivity contribution is 8.03. The fourth-order valence-corrected chi connectivity index (χ4v) is 10.5. The summed E-state index contributed by atoms with van der Waals surface area (Å²) in [6, 6.07) is 58.6. The van der Waals surface area contributed by atoms with Gasteiger partial charge in [0.2, 0.25) is 0 Å². The van der Waals surface area contributed by atoms with Crippen LogP contribution >= 0.6 is 11.8 Å². The van der Waals surface area contributed by atoms with E-state index < -0.39 is 0 Å². The lowest BCUT2D eigenvalue weighted by Crippen LogP contribution is -2.16.